The number of hydrogen-bond acceptors (Lipinski definition) is 3. The van der Waals surface area contributed by atoms with Crippen LogP contribution in [0.1, 0.15) is 27.5 Å². The fraction of sp³-hybridized carbons (Fsp3) is 0.235. The van der Waals surface area contributed by atoms with Gasteiger partial charge in [0.15, 0.2) is 0 Å². The maximum Gasteiger partial charge on any atom is 0.335 e. The Balaban J connectivity index is 2.23. The summed E-state index contributed by atoms with van der Waals surface area (Å²) in [6.45, 7) is 2.42. The zero-order chi connectivity index (χ0) is 15.2. The van der Waals surface area contributed by atoms with Gasteiger partial charge in [0, 0.05) is 12.8 Å². The molecule has 110 valence electrons. The molecule has 0 fully saturated rings. The zero-order valence-electron chi connectivity index (χ0n) is 12.2. The second kappa shape index (κ2) is 6.90. The van der Waals surface area contributed by atoms with Crippen LogP contribution in [0.4, 0.5) is 5.69 Å². The number of anilines is 1. The average Bonchev–Trinajstić information content (AvgIpc) is 2.49. The molecule has 0 saturated carbocycles. The maximum atomic E-state index is 11.0. The molecule has 2 aromatic rings. The Morgan fingerprint density at radius 2 is 1.95 bits per heavy atom. The molecule has 2 N–H and O–H groups in total. The van der Waals surface area contributed by atoms with E-state index in [1.165, 1.54) is 0 Å². The van der Waals surface area contributed by atoms with Crippen LogP contribution in [0, 0.1) is 6.92 Å². The van der Waals surface area contributed by atoms with Gasteiger partial charge >= 0.3 is 5.97 Å². The Hall–Kier alpha value is -2.33. The summed E-state index contributed by atoms with van der Waals surface area (Å²) in [7, 11) is 1.66. The van der Waals surface area contributed by atoms with Crippen molar-refractivity contribution in [2.75, 3.05) is 19.0 Å². The molecule has 0 radical (unpaired) electrons. The van der Waals surface area contributed by atoms with Crippen LogP contribution in [0.3, 0.4) is 0 Å². The number of carboxylic acids is 1. The zero-order valence-corrected chi connectivity index (χ0v) is 12.2. The second-order valence-electron chi connectivity index (χ2n) is 4.90. The first-order chi connectivity index (χ1) is 10.1. The summed E-state index contributed by atoms with van der Waals surface area (Å²) >= 11 is 0. The number of carboxylic acid groups (broad SMARTS) is 1. The van der Waals surface area contributed by atoms with E-state index in [9.17, 15) is 4.79 Å². The third-order valence-electron chi connectivity index (χ3n) is 3.34. The Bertz CT molecular complexity index is 611. The number of carbonyl (C=O) groups is 1. The van der Waals surface area contributed by atoms with E-state index in [1.807, 2.05) is 37.3 Å². The van der Waals surface area contributed by atoms with E-state index in [2.05, 4.69) is 5.32 Å². The molecular formula is C17H19NO3. The van der Waals surface area contributed by atoms with Crippen molar-refractivity contribution in [3.63, 3.8) is 0 Å². The van der Waals surface area contributed by atoms with E-state index >= 15 is 0 Å². The summed E-state index contributed by atoms with van der Waals surface area (Å²) in [5.41, 5.74) is 3.22. The lowest BCUT2D eigenvalue weighted by atomic mass is 10.1. The van der Waals surface area contributed by atoms with Crippen molar-refractivity contribution < 1.29 is 14.6 Å². The molecule has 2 aromatic carbocycles. The lowest BCUT2D eigenvalue weighted by molar-refractivity contribution is 0.0697. The van der Waals surface area contributed by atoms with Crippen molar-refractivity contribution in [3.8, 4) is 0 Å². The minimum absolute atomic E-state index is 0.0191. The molecule has 4 heteroatoms. The number of aromatic carboxylic acids is 1. The van der Waals surface area contributed by atoms with Gasteiger partial charge < -0.3 is 15.2 Å². The van der Waals surface area contributed by atoms with Crippen molar-refractivity contribution in [3.05, 3.63) is 65.2 Å². The molecule has 0 aliphatic carbocycles. The number of aryl methyl sites for hydroxylation is 1. The lowest BCUT2D eigenvalue weighted by Gasteiger charge is -2.21. The number of methoxy groups -OCH3 is 1. The van der Waals surface area contributed by atoms with E-state index in [0.717, 1.165) is 16.8 Å². The first-order valence-electron chi connectivity index (χ1n) is 6.76. The Morgan fingerprint density at radius 1 is 1.24 bits per heavy atom. The van der Waals surface area contributed by atoms with E-state index in [0.29, 0.717) is 12.2 Å². The predicted octanol–water partition coefficient (Wildman–Crippen LogP) is 3.49. The van der Waals surface area contributed by atoms with Crippen LogP contribution in [0.5, 0.6) is 0 Å². The minimum atomic E-state index is -0.916. The van der Waals surface area contributed by atoms with E-state index in [-0.39, 0.29) is 6.04 Å². The van der Waals surface area contributed by atoms with Crippen molar-refractivity contribution in [2.24, 2.45) is 0 Å². The molecular weight excluding hydrogens is 266 g/mol. The number of nitrogens with one attached hydrogen (secondary N) is 1. The first kappa shape index (κ1) is 15.1. The summed E-state index contributed by atoms with van der Waals surface area (Å²) in [6.07, 6.45) is 0. The van der Waals surface area contributed by atoms with Gasteiger partial charge in [-0.3, -0.25) is 0 Å². The van der Waals surface area contributed by atoms with Crippen molar-refractivity contribution in [2.45, 2.75) is 13.0 Å². The molecule has 4 nitrogen and oxygen atoms in total. The van der Waals surface area contributed by atoms with Crippen LogP contribution < -0.4 is 5.32 Å². The second-order valence-corrected chi connectivity index (χ2v) is 4.90. The summed E-state index contributed by atoms with van der Waals surface area (Å²) in [6, 6.07) is 15.1. The molecule has 0 aliphatic heterocycles. The number of ether oxygens (including phenoxy) is 1. The Labute approximate surface area is 124 Å². The van der Waals surface area contributed by atoms with Crippen molar-refractivity contribution in [1.29, 1.82) is 0 Å². The van der Waals surface area contributed by atoms with Crippen LogP contribution in [0.15, 0.2) is 48.5 Å². The Kier molecular flexibility index (Phi) is 4.95. The van der Waals surface area contributed by atoms with Gasteiger partial charge in [0.1, 0.15) is 0 Å². The van der Waals surface area contributed by atoms with E-state index < -0.39 is 5.97 Å². The lowest BCUT2D eigenvalue weighted by Crippen LogP contribution is -2.17. The first-order valence-corrected chi connectivity index (χ1v) is 6.76. The topological polar surface area (TPSA) is 58.6 Å². The molecule has 0 saturated heterocycles. The fourth-order valence-corrected chi connectivity index (χ4v) is 2.22. The quantitative estimate of drug-likeness (QED) is 0.853. The smallest absolute Gasteiger partial charge is 0.335 e. The monoisotopic (exact) mass is 285 g/mol. The highest BCUT2D eigenvalue weighted by Crippen LogP contribution is 2.23. The highest BCUT2D eigenvalue weighted by Gasteiger charge is 2.13. The third-order valence-corrected chi connectivity index (χ3v) is 3.34. The predicted molar refractivity (Wildman–Crippen MR) is 82.8 cm³/mol. The van der Waals surface area contributed by atoms with Gasteiger partial charge in [-0.2, -0.15) is 0 Å². The molecule has 0 aliphatic rings. The summed E-state index contributed by atoms with van der Waals surface area (Å²) in [5, 5.41) is 12.4. The SMILES string of the molecule is COCC(Nc1ccc(C(=O)O)cc1C)c1ccccc1. The van der Waals surface area contributed by atoms with Gasteiger partial charge in [-0.15, -0.1) is 0 Å². The number of hydrogen-bond donors (Lipinski definition) is 2. The van der Waals surface area contributed by atoms with Crippen LogP contribution in [-0.4, -0.2) is 24.8 Å². The van der Waals surface area contributed by atoms with Crippen LogP contribution in [-0.2, 0) is 4.74 Å². The Morgan fingerprint density at radius 3 is 2.52 bits per heavy atom. The highest BCUT2D eigenvalue weighted by molar-refractivity contribution is 5.88. The molecule has 2 rings (SSSR count). The summed E-state index contributed by atoms with van der Waals surface area (Å²) < 4.78 is 5.28. The van der Waals surface area contributed by atoms with Crippen LogP contribution in [0.2, 0.25) is 0 Å². The van der Waals surface area contributed by atoms with Crippen LogP contribution in [0.25, 0.3) is 0 Å². The van der Waals surface area contributed by atoms with Gasteiger partial charge in [0.25, 0.3) is 0 Å². The third kappa shape index (κ3) is 3.83. The molecule has 0 amide bonds. The highest BCUT2D eigenvalue weighted by atomic mass is 16.5. The number of rotatable bonds is 6. The summed E-state index contributed by atoms with van der Waals surface area (Å²) in [4.78, 5) is 11.0. The van der Waals surface area contributed by atoms with Crippen molar-refractivity contribution >= 4 is 11.7 Å². The van der Waals surface area contributed by atoms with Gasteiger partial charge in [0.05, 0.1) is 18.2 Å². The maximum absolute atomic E-state index is 11.0. The normalized spacial score (nSPS) is 11.9. The standard InChI is InChI=1S/C17H19NO3/c1-12-10-14(17(19)20)8-9-15(12)18-16(11-21-2)13-6-4-3-5-7-13/h3-10,16,18H,11H2,1-2H3,(H,19,20). The van der Waals surface area contributed by atoms with E-state index in [1.54, 1.807) is 25.3 Å². The molecule has 0 spiro atoms. The van der Waals surface area contributed by atoms with Gasteiger partial charge in [-0.1, -0.05) is 30.3 Å². The average molecular weight is 285 g/mol. The largest absolute Gasteiger partial charge is 0.478 e. The molecule has 0 aromatic heterocycles. The molecule has 0 heterocycles. The molecule has 1 atom stereocenters. The summed E-state index contributed by atoms with van der Waals surface area (Å²) in [5.74, 6) is -0.916. The number of benzene rings is 2. The molecule has 1 unspecified atom stereocenters. The molecule has 0 bridgehead atoms. The van der Waals surface area contributed by atoms with Gasteiger partial charge in [-0.25, -0.2) is 4.79 Å². The van der Waals surface area contributed by atoms with E-state index in [4.69, 9.17) is 9.84 Å². The molecule has 21 heavy (non-hydrogen) atoms. The van der Waals surface area contributed by atoms with Crippen molar-refractivity contribution in [1.82, 2.24) is 0 Å². The fourth-order valence-electron chi connectivity index (χ4n) is 2.22. The van der Waals surface area contributed by atoms with Gasteiger partial charge in [-0.05, 0) is 36.2 Å². The minimum Gasteiger partial charge on any atom is -0.478 e. The van der Waals surface area contributed by atoms with Gasteiger partial charge in [0.2, 0.25) is 0 Å². The van der Waals surface area contributed by atoms with Crippen LogP contribution >= 0.6 is 0 Å².